The van der Waals surface area contributed by atoms with E-state index in [1.54, 1.807) is 7.11 Å². The number of rotatable bonds is 3. The molecule has 4 rings (SSSR count). The van der Waals surface area contributed by atoms with Gasteiger partial charge in [0.15, 0.2) is 11.5 Å². The van der Waals surface area contributed by atoms with Crippen LogP contribution in [0.2, 0.25) is 0 Å². The second kappa shape index (κ2) is 5.64. The van der Waals surface area contributed by atoms with Crippen LogP contribution in [0.4, 0.5) is 0 Å². The van der Waals surface area contributed by atoms with Gasteiger partial charge in [-0.25, -0.2) is 0 Å². The van der Waals surface area contributed by atoms with E-state index in [1.807, 2.05) is 48.5 Å². The quantitative estimate of drug-likeness (QED) is 0.740. The van der Waals surface area contributed by atoms with Crippen molar-refractivity contribution in [2.75, 3.05) is 13.7 Å². The highest BCUT2D eigenvalue weighted by atomic mass is 16.6. The zero-order valence-corrected chi connectivity index (χ0v) is 12.4. The van der Waals surface area contributed by atoms with Gasteiger partial charge in [-0.1, -0.05) is 12.1 Å². The van der Waals surface area contributed by atoms with Crippen molar-refractivity contribution in [1.29, 1.82) is 0 Å². The van der Waals surface area contributed by atoms with E-state index in [9.17, 15) is 0 Å². The molecule has 1 atom stereocenters. The van der Waals surface area contributed by atoms with E-state index >= 15 is 0 Å². The van der Waals surface area contributed by atoms with Crippen LogP contribution in [0.3, 0.4) is 0 Å². The predicted octanol–water partition coefficient (Wildman–Crippen LogP) is 3.26. The molecule has 1 aromatic heterocycles. The Bertz CT molecular complexity index is 813. The fourth-order valence-electron chi connectivity index (χ4n) is 2.36. The molecule has 6 nitrogen and oxygen atoms in total. The van der Waals surface area contributed by atoms with E-state index in [2.05, 4.69) is 10.2 Å². The minimum absolute atomic E-state index is 0.335. The van der Waals surface area contributed by atoms with E-state index in [-0.39, 0.29) is 0 Å². The van der Waals surface area contributed by atoms with Gasteiger partial charge in [-0.3, -0.25) is 0 Å². The highest BCUT2D eigenvalue weighted by Gasteiger charge is 2.27. The van der Waals surface area contributed by atoms with Crippen LogP contribution >= 0.6 is 0 Å². The molecule has 0 amide bonds. The lowest BCUT2D eigenvalue weighted by Crippen LogP contribution is -2.21. The molecule has 116 valence electrons. The first-order valence-electron chi connectivity index (χ1n) is 7.20. The average Bonchev–Trinajstić information content (AvgIpc) is 3.11. The molecule has 0 saturated heterocycles. The third kappa shape index (κ3) is 2.59. The summed E-state index contributed by atoms with van der Waals surface area (Å²) in [5.41, 5.74) is 0.821. The number of ether oxygens (including phenoxy) is 3. The van der Waals surface area contributed by atoms with Crippen LogP contribution in [-0.2, 0) is 0 Å². The summed E-state index contributed by atoms with van der Waals surface area (Å²) in [5, 5.41) is 8.16. The zero-order valence-electron chi connectivity index (χ0n) is 12.4. The molecule has 0 fully saturated rings. The standard InChI is InChI=1S/C17H14N2O4/c1-20-12-8-6-11(7-9-12)16-18-19-17(23-16)15-10-21-13-4-2-3-5-14(13)22-15/h2-9,15H,10H2,1H3. The summed E-state index contributed by atoms with van der Waals surface area (Å²) in [6, 6.07) is 14.9. The number of nitrogens with zero attached hydrogens (tertiary/aromatic N) is 2. The van der Waals surface area contributed by atoms with Crippen LogP contribution in [-0.4, -0.2) is 23.9 Å². The highest BCUT2D eigenvalue weighted by molar-refractivity contribution is 5.54. The van der Waals surface area contributed by atoms with Gasteiger partial charge in [-0.15, -0.1) is 10.2 Å². The first-order chi connectivity index (χ1) is 11.3. The second-order valence-electron chi connectivity index (χ2n) is 5.04. The number of hydrogen-bond donors (Lipinski definition) is 0. The molecule has 0 saturated carbocycles. The lowest BCUT2D eigenvalue weighted by atomic mass is 10.2. The normalized spacial score (nSPS) is 16.1. The van der Waals surface area contributed by atoms with Crippen LogP contribution in [0, 0.1) is 0 Å². The second-order valence-corrected chi connectivity index (χ2v) is 5.04. The fraction of sp³-hybridized carbons (Fsp3) is 0.176. The number of para-hydroxylation sites is 2. The SMILES string of the molecule is COc1ccc(-c2nnc(C3COc4ccccc4O3)o2)cc1. The van der Waals surface area contributed by atoms with Gasteiger partial charge in [-0.2, -0.15) is 0 Å². The Morgan fingerprint density at radius 2 is 1.78 bits per heavy atom. The maximum absolute atomic E-state index is 5.86. The van der Waals surface area contributed by atoms with Crippen molar-refractivity contribution in [2.45, 2.75) is 6.10 Å². The van der Waals surface area contributed by atoms with Crippen LogP contribution in [0.15, 0.2) is 52.9 Å². The van der Waals surface area contributed by atoms with Gasteiger partial charge < -0.3 is 18.6 Å². The minimum Gasteiger partial charge on any atom is -0.497 e. The zero-order chi connectivity index (χ0) is 15.6. The van der Waals surface area contributed by atoms with Crippen molar-refractivity contribution >= 4 is 0 Å². The fourth-order valence-corrected chi connectivity index (χ4v) is 2.36. The van der Waals surface area contributed by atoms with E-state index in [1.165, 1.54) is 0 Å². The van der Waals surface area contributed by atoms with Gasteiger partial charge in [0.2, 0.25) is 12.0 Å². The maximum atomic E-state index is 5.86. The van der Waals surface area contributed by atoms with Crippen molar-refractivity contribution in [3.63, 3.8) is 0 Å². The van der Waals surface area contributed by atoms with Crippen molar-refractivity contribution in [1.82, 2.24) is 10.2 Å². The lowest BCUT2D eigenvalue weighted by Gasteiger charge is -2.23. The molecular formula is C17H14N2O4. The molecule has 1 aliphatic heterocycles. The van der Waals surface area contributed by atoms with Crippen LogP contribution < -0.4 is 14.2 Å². The molecule has 0 bridgehead atoms. The monoisotopic (exact) mass is 310 g/mol. The summed E-state index contributed by atoms with van der Waals surface area (Å²) < 4.78 is 22.4. The van der Waals surface area contributed by atoms with Gasteiger partial charge in [0, 0.05) is 5.56 Å². The summed E-state index contributed by atoms with van der Waals surface area (Å²) in [5.74, 6) is 3.00. The van der Waals surface area contributed by atoms with E-state index < -0.39 is 6.10 Å². The summed E-state index contributed by atoms with van der Waals surface area (Å²) >= 11 is 0. The highest BCUT2D eigenvalue weighted by Crippen LogP contribution is 2.36. The van der Waals surface area contributed by atoms with Crippen LogP contribution in [0.1, 0.15) is 12.0 Å². The number of benzene rings is 2. The first kappa shape index (κ1) is 13.6. The van der Waals surface area contributed by atoms with Gasteiger partial charge in [-0.05, 0) is 36.4 Å². The molecule has 1 aliphatic rings. The largest absolute Gasteiger partial charge is 0.497 e. The molecular weight excluding hydrogens is 296 g/mol. The molecule has 2 aromatic carbocycles. The van der Waals surface area contributed by atoms with Crippen LogP contribution in [0.25, 0.3) is 11.5 Å². The molecule has 0 aliphatic carbocycles. The Morgan fingerprint density at radius 1 is 1.00 bits per heavy atom. The van der Waals surface area contributed by atoms with E-state index in [0.29, 0.717) is 24.1 Å². The van der Waals surface area contributed by atoms with E-state index in [4.69, 9.17) is 18.6 Å². The molecule has 0 N–H and O–H groups in total. The topological polar surface area (TPSA) is 66.6 Å². The van der Waals surface area contributed by atoms with Gasteiger partial charge in [0.1, 0.15) is 12.4 Å². The van der Waals surface area contributed by atoms with Crippen molar-refractivity contribution in [2.24, 2.45) is 0 Å². The Kier molecular flexibility index (Phi) is 3.34. The third-order valence-corrected chi connectivity index (χ3v) is 3.56. The molecule has 23 heavy (non-hydrogen) atoms. The summed E-state index contributed by atoms with van der Waals surface area (Å²) in [4.78, 5) is 0. The third-order valence-electron chi connectivity index (χ3n) is 3.56. The Balaban J connectivity index is 1.56. The van der Waals surface area contributed by atoms with Crippen LogP contribution in [0.5, 0.6) is 17.2 Å². The Hall–Kier alpha value is -3.02. The van der Waals surface area contributed by atoms with E-state index in [0.717, 1.165) is 17.1 Å². The predicted molar refractivity (Wildman–Crippen MR) is 81.6 cm³/mol. The van der Waals surface area contributed by atoms with Gasteiger partial charge in [0.25, 0.3) is 5.89 Å². The number of fused-ring (bicyclic) bond motifs is 1. The number of hydrogen-bond acceptors (Lipinski definition) is 6. The van der Waals surface area contributed by atoms with Gasteiger partial charge in [0.05, 0.1) is 7.11 Å². The summed E-state index contributed by atoms with van der Waals surface area (Å²) in [6.45, 7) is 0.335. The molecule has 2 heterocycles. The van der Waals surface area contributed by atoms with Crippen molar-refractivity contribution < 1.29 is 18.6 Å². The number of methoxy groups -OCH3 is 1. The van der Waals surface area contributed by atoms with Crippen molar-refractivity contribution in [3.05, 3.63) is 54.4 Å². The molecule has 0 radical (unpaired) electrons. The average molecular weight is 310 g/mol. The first-order valence-corrected chi connectivity index (χ1v) is 7.20. The Morgan fingerprint density at radius 3 is 2.57 bits per heavy atom. The maximum Gasteiger partial charge on any atom is 0.260 e. The molecule has 1 unspecified atom stereocenters. The van der Waals surface area contributed by atoms with Crippen molar-refractivity contribution in [3.8, 4) is 28.7 Å². The smallest absolute Gasteiger partial charge is 0.260 e. The van der Waals surface area contributed by atoms with Gasteiger partial charge >= 0.3 is 0 Å². The summed E-state index contributed by atoms with van der Waals surface area (Å²) in [7, 11) is 1.62. The summed E-state index contributed by atoms with van der Waals surface area (Å²) in [6.07, 6.45) is -0.413. The number of aromatic nitrogens is 2. The minimum atomic E-state index is -0.413. The Labute approximate surface area is 132 Å². The lowest BCUT2D eigenvalue weighted by molar-refractivity contribution is 0.0716. The molecule has 0 spiro atoms. The molecule has 3 aromatic rings. The molecule has 6 heteroatoms.